The zero-order chi connectivity index (χ0) is 13.9. The van der Waals surface area contributed by atoms with Gasteiger partial charge in [-0.05, 0) is 24.3 Å². The molecule has 0 aliphatic carbocycles. The summed E-state index contributed by atoms with van der Waals surface area (Å²) >= 11 is 0. The van der Waals surface area contributed by atoms with E-state index in [-0.39, 0.29) is 20.9 Å². The lowest BCUT2D eigenvalue weighted by Crippen LogP contribution is -2.06. The summed E-state index contributed by atoms with van der Waals surface area (Å²) in [4.78, 5) is -0.166. The van der Waals surface area contributed by atoms with Crippen molar-refractivity contribution >= 4 is 9.84 Å². The van der Waals surface area contributed by atoms with Crippen LogP contribution in [0.5, 0.6) is 0 Å². The Balaban J connectivity index is 2.75. The number of rotatable bonds is 2. The first-order valence-electron chi connectivity index (χ1n) is 5.34. The number of benzene rings is 2. The van der Waals surface area contributed by atoms with E-state index in [0.29, 0.717) is 0 Å². The molecule has 0 unspecified atom stereocenters. The lowest BCUT2D eigenvalue weighted by atomic mass is 10.2. The fourth-order valence-electron chi connectivity index (χ4n) is 1.71. The third-order valence-electron chi connectivity index (χ3n) is 2.59. The molecule has 2 rings (SSSR count). The van der Waals surface area contributed by atoms with E-state index >= 15 is 0 Å². The van der Waals surface area contributed by atoms with Crippen LogP contribution in [0.1, 0.15) is 11.1 Å². The van der Waals surface area contributed by atoms with Gasteiger partial charge in [-0.15, -0.1) is 0 Å². The number of hydrogen-bond donors (Lipinski definition) is 0. The van der Waals surface area contributed by atoms with Crippen molar-refractivity contribution in [1.82, 2.24) is 0 Å². The fraction of sp³-hybridized carbons (Fsp3) is 0. The molecule has 0 saturated carbocycles. The van der Waals surface area contributed by atoms with Crippen molar-refractivity contribution in [1.29, 1.82) is 10.5 Å². The van der Waals surface area contributed by atoms with Crippen molar-refractivity contribution in [2.75, 3.05) is 0 Å². The normalized spacial score (nSPS) is 10.4. The van der Waals surface area contributed by atoms with E-state index in [2.05, 4.69) is 0 Å². The predicted molar refractivity (Wildman–Crippen MR) is 67.8 cm³/mol. The fourth-order valence-corrected chi connectivity index (χ4v) is 3.26. The average molecular weight is 268 g/mol. The van der Waals surface area contributed by atoms with Gasteiger partial charge in [-0.1, -0.05) is 24.3 Å². The molecule has 0 atom stereocenters. The van der Waals surface area contributed by atoms with Gasteiger partial charge < -0.3 is 0 Å². The second kappa shape index (κ2) is 4.93. The first-order chi connectivity index (χ1) is 9.11. The Morgan fingerprint density at radius 1 is 0.737 bits per heavy atom. The number of hydrogen-bond acceptors (Lipinski definition) is 4. The lowest BCUT2D eigenvalue weighted by molar-refractivity contribution is 0.595. The van der Waals surface area contributed by atoms with Gasteiger partial charge in [-0.3, -0.25) is 0 Å². The largest absolute Gasteiger partial charge is 0.218 e. The van der Waals surface area contributed by atoms with Crippen LogP contribution >= 0.6 is 0 Å². The van der Waals surface area contributed by atoms with E-state index in [1.807, 2.05) is 12.1 Å². The molecule has 19 heavy (non-hydrogen) atoms. The van der Waals surface area contributed by atoms with E-state index in [1.165, 1.54) is 24.3 Å². The van der Waals surface area contributed by atoms with Crippen LogP contribution in [0.25, 0.3) is 0 Å². The first-order valence-corrected chi connectivity index (χ1v) is 6.83. The number of nitriles is 2. The molecule has 2 aromatic rings. The molecule has 5 heteroatoms. The molecule has 0 aliphatic heterocycles. The molecular formula is C14H8N2O2S. The lowest BCUT2D eigenvalue weighted by Gasteiger charge is -2.07. The molecular weight excluding hydrogens is 260 g/mol. The molecule has 0 N–H and O–H groups in total. The molecule has 2 aromatic carbocycles. The molecule has 0 aliphatic rings. The van der Waals surface area contributed by atoms with Crippen molar-refractivity contribution in [3.63, 3.8) is 0 Å². The second-order valence-corrected chi connectivity index (χ2v) is 5.61. The topological polar surface area (TPSA) is 81.7 Å². The van der Waals surface area contributed by atoms with Crippen LogP contribution in [0.15, 0.2) is 58.3 Å². The van der Waals surface area contributed by atoms with Crippen molar-refractivity contribution < 1.29 is 8.42 Å². The maximum atomic E-state index is 12.5. The van der Waals surface area contributed by atoms with Gasteiger partial charge >= 0.3 is 0 Å². The third kappa shape index (κ3) is 2.20. The van der Waals surface area contributed by atoms with Crippen LogP contribution in [0.3, 0.4) is 0 Å². The molecule has 92 valence electrons. The summed E-state index contributed by atoms with van der Waals surface area (Å²) in [5.74, 6) is 0. The Kier molecular flexibility index (Phi) is 3.33. The summed E-state index contributed by atoms with van der Waals surface area (Å²) in [7, 11) is -3.87. The minimum absolute atomic E-state index is 0.0650. The molecule has 0 spiro atoms. The molecule has 0 saturated heterocycles. The maximum absolute atomic E-state index is 12.5. The summed E-state index contributed by atoms with van der Waals surface area (Å²) in [5.41, 5.74) is 0.130. The monoisotopic (exact) mass is 268 g/mol. The smallest absolute Gasteiger partial charge is 0.209 e. The molecule has 0 aromatic heterocycles. The Bertz CT molecular complexity index is 748. The van der Waals surface area contributed by atoms with Gasteiger partial charge in [0, 0.05) is 0 Å². The summed E-state index contributed by atoms with van der Waals surface area (Å²) in [6.07, 6.45) is 0. The van der Waals surface area contributed by atoms with Crippen molar-refractivity contribution in [3.05, 3.63) is 59.7 Å². The zero-order valence-electron chi connectivity index (χ0n) is 9.74. The van der Waals surface area contributed by atoms with E-state index in [1.54, 1.807) is 24.3 Å². The minimum atomic E-state index is -3.87. The summed E-state index contributed by atoms with van der Waals surface area (Å²) in [6, 6.07) is 15.6. The van der Waals surface area contributed by atoms with Crippen LogP contribution in [-0.2, 0) is 9.84 Å². The van der Waals surface area contributed by atoms with Crippen molar-refractivity contribution in [2.24, 2.45) is 0 Å². The summed E-state index contributed by atoms with van der Waals surface area (Å²) in [6.45, 7) is 0. The molecule has 0 amide bonds. The Labute approximate surface area is 111 Å². The Morgan fingerprint density at radius 2 is 1.11 bits per heavy atom. The highest BCUT2D eigenvalue weighted by atomic mass is 32.2. The molecule has 0 fully saturated rings. The standard InChI is InChI=1S/C14H8N2O2S/c15-9-11-5-1-3-7-13(11)19(17,18)14-8-4-2-6-12(14)10-16/h1-8H. The van der Waals surface area contributed by atoms with Gasteiger partial charge in [0.2, 0.25) is 9.84 Å². The second-order valence-electron chi connectivity index (χ2n) is 3.72. The molecule has 0 radical (unpaired) electrons. The van der Waals surface area contributed by atoms with Gasteiger partial charge in [-0.25, -0.2) is 8.42 Å². The SMILES string of the molecule is N#Cc1ccccc1S(=O)(=O)c1ccccc1C#N. The highest BCUT2D eigenvalue weighted by Crippen LogP contribution is 2.25. The van der Waals surface area contributed by atoms with Crippen LogP contribution < -0.4 is 0 Å². The van der Waals surface area contributed by atoms with E-state index in [0.717, 1.165) is 0 Å². The molecule has 0 heterocycles. The minimum Gasteiger partial charge on any atom is -0.218 e. The molecule has 4 nitrogen and oxygen atoms in total. The third-order valence-corrected chi connectivity index (χ3v) is 4.46. The highest BCUT2D eigenvalue weighted by Gasteiger charge is 2.23. The Morgan fingerprint density at radius 3 is 1.47 bits per heavy atom. The number of sulfone groups is 1. The first kappa shape index (κ1) is 12.8. The van der Waals surface area contributed by atoms with Crippen LogP contribution in [0.4, 0.5) is 0 Å². The van der Waals surface area contributed by atoms with Gasteiger partial charge in [0.15, 0.2) is 0 Å². The van der Waals surface area contributed by atoms with Gasteiger partial charge in [0.25, 0.3) is 0 Å². The van der Waals surface area contributed by atoms with Crippen molar-refractivity contribution in [2.45, 2.75) is 9.79 Å². The average Bonchev–Trinajstić information content (AvgIpc) is 2.47. The van der Waals surface area contributed by atoms with Crippen LogP contribution in [-0.4, -0.2) is 8.42 Å². The quantitative estimate of drug-likeness (QED) is 0.836. The summed E-state index contributed by atoms with van der Waals surface area (Å²) < 4.78 is 25.0. The summed E-state index contributed by atoms with van der Waals surface area (Å²) in [5, 5.41) is 18.0. The van der Waals surface area contributed by atoms with Gasteiger partial charge in [-0.2, -0.15) is 10.5 Å². The Hall–Kier alpha value is -2.63. The van der Waals surface area contributed by atoms with Crippen LogP contribution in [0, 0.1) is 22.7 Å². The van der Waals surface area contributed by atoms with E-state index in [9.17, 15) is 8.42 Å². The maximum Gasteiger partial charge on any atom is 0.209 e. The van der Waals surface area contributed by atoms with Crippen LogP contribution in [0.2, 0.25) is 0 Å². The van der Waals surface area contributed by atoms with E-state index < -0.39 is 9.84 Å². The van der Waals surface area contributed by atoms with Crippen molar-refractivity contribution in [3.8, 4) is 12.1 Å². The van der Waals surface area contributed by atoms with Gasteiger partial charge in [0.05, 0.1) is 20.9 Å². The zero-order valence-corrected chi connectivity index (χ0v) is 10.6. The predicted octanol–water partition coefficient (Wildman–Crippen LogP) is 2.26. The van der Waals surface area contributed by atoms with E-state index in [4.69, 9.17) is 10.5 Å². The highest BCUT2D eigenvalue weighted by molar-refractivity contribution is 7.91. The molecule has 0 bridgehead atoms. The number of nitrogens with zero attached hydrogens (tertiary/aromatic N) is 2. The van der Waals surface area contributed by atoms with Gasteiger partial charge in [0.1, 0.15) is 12.1 Å².